The monoisotopic (exact) mass is 625 g/mol. The van der Waals surface area contributed by atoms with Crippen molar-refractivity contribution < 1.29 is 14.3 Å². The minimum Gasteiger partial charge on any atom is -0.478 e. The number of aromatic nitrogens is 2. The van der Waals surface area contributed by atoms with Crippen LogP contribution in [0, 0.1) is 3.57 Å². The third-order valence-corrected chi connectivity index (χ3v) is 6.42. The fourth-order valence-corrected chi connectivity index (χ4v) is 4.12. The molecule has 33 heavy (non-hydrogen) atoms. The minimum absolute atomic E-state index is 0.0585. The molecule has 2 aromatic carbocycles. The Kier molecular flexibility index (Phi) is 8.63. The van der Waals surface area contributed by atoms with E-state index >= 15 is 0 Å². The van der Waals surface area contributed by atoms with E-state index in [9.17, 15) is 9.59 Å². The molecule has 0 saturated carbocycles. The van der Waals surface area contributed by atoms with Gasteiger partial charge < -0.3 is 9.47 Å². The molecule has 0 unspecified atom stereocenters. The molecular weight excluding hydrogens is 601 g/mol. The van der Waals surface area contributed by atoms with Gasteiger partial charge >= 0.3 is 5.97 Å². The molecule has 0 aliphatic rings. The number of ether oxygens (including phenoxy) is 2. The van der Waals surface area contributed by atoms with Crippen LogP contribution in [0.15, 0.2) is 50.8 Å². The first kappa shape index (κ1) is 25.4. The van der Waals surface area contributed by atoms with Crippen LogP contribution in [0.5, 0.6) is 5.75 Å². The molecule has 174 valence electrons. The zero-order valence-electron chi connectivity index (χ0n) is 18.8. The number of nitrogens with zero attached hydrogens (tertiary/aromatic N) is 3. The fraction of sp³-hybridized carbons (Fsp3) is 0.333. The van der Waals surface area contributed by atoms with E-state index < -0.39 is 12.1 Å². The molecule has 0 N–H and O–H groups in total. The summed E-state index contributed by atoms with van der Waals surface area (Å²) in [6.45, 7) is 7.78. The number of carbonyl (C=O) groups is 1. The number of hydrogen-bond donors (Lipinski definition) is 0. The van der Waals surface area contributed by atoms with Crippen LogP contribution in [0.4, 0.5) is 0 Å². The van der Waals surface area contributed by atoms with Crippen LogP contribution in [-0.2, 0) is 9.53 Å². The third-order valence-electron chi connectivity index (χ3n) is 5.09. The summed E-state index contributed by atoms with van der Waals surface area (Å²) >= 11 is 5.56. The Labute approximate surface area is 214 Å². The van der Waals surface area contributed by atoms with Crippen LogP contribution in [0.25, 0.3) is 10.9 Å². The summed E-state index contributed by atoms with van der Waals surface area (Å²) in [5.74, 6) is 0.837. The second-order valence-corrected chi connectivity index (χ2v) is 9.58. The van der Waals surface area contributed by atoms with Crippen LogP contribution < -0.4 is 10.3 Å². The summed E-state index contributed by atoms with van der Waals surface area (Å²) in [5, 5.41) is 4.99. The molecule has 3 aromatic rings. The van der Waals surface area contributed by atoms with Crippen LogP contribution in [-0.4, -0.2) is 34.6 Å². The quantitative estimate of drug-likeness (QED) is 0.188. The zero-order valence-corrected chi connectivity index (χ0v) is 22.6. The van der Waals surface area contributed by atoms with E-state index in [0.717, 1.165) is 20.0 Å². The van der Waals surface area contributed by atoms with Crippen molar-refractivity contribution in [1.29, 1.82) is 0 Å². The lowest BCUT2D eigenvalue weighted by molar-refractivity contribution is -0.150. The van der Waals surface area contributed by atoms with Crippen molar-refractivity contribution in [3.8, 4) is 5.75 Å². The van der Waals surface area contributed by atoms with Gasteiger partial charge in [-0.05, 0) is 84.8 Å². The van der Waals surface area contributed by atoms with Gasteiger partial charge in [0.2, 0.25) is 0 Å². The van der Waals surface area contributed by atoms with Crippen molar-refractivity contribution in [1.82, 2.24) is 9.66 Å². The number of fused-ring (bicyclic) bond motifs is 1. The molecule has 0 spiro atoms. The highest BCUT2D eigenvalue weighted by molar-refractivity contribution is 14.1. The molecule has 0 aliphatic heterocycles. The van der Waals surface area contributed by atoms with Gasteiger partial charge in [-0.25, -0.2) is 9.78 Å². The number of benzene rings is 2. The van der Waals surface area contributed by atoms with Gasteiger partial charge in [-0.1, -0.05) is 29.8 Å². The van der Waals surface area contributed by atoms with Gasteiger partial charge in [0.05, 0.1) is 27.3 Å². The highest BCUT2D eigenvalue weighted by Crippen LogP contribution is 2.24. The second kappa shape index (κ2) is 11.2. The topological polar surface area (TPSA) is 82.8 Å². The number of hydrogen-bond acceptors (Lipinski definition) is 6. The van der Waals surface area contributed by atoms with Gasteiger partial charge in [-0.2, -0.15) is 9.78 Å². The minimum atomic E-state index is -0.711. The largest absolute Gasteiger partial charge is 0.478 e. The van der Waals surface area contributed by atoms with Gasteiger partial charge in [0.15, 0.2) is 6.10 Å². The Hall–Kier alpha value is -2.27. The maximum atomic E-state index is 13.2. The standard InChI is InChI=1S/C24H25BrIN3O4/c1-5-14(3)22-28-20-9-8-17(25)12-18(20)23(30)29(22)27-13-16-7-10-21(19(26)11-16)33-15(4)24(31)32-6-2/h7-15H,5-6H2,1-4H3/t14-,15-/m0/s1. The molecular formula is C24H25BrIN3O4. The Balaban J connectivity index is 1.95. The van der Waals surface area contributed by atoms with E-state index in [0.29, 0.717) is 29.1 Å². The van der Waals surface area contributed by atoms with Gasteiger partial charge in [-0.15, -0.1) is 0 Å². The van der Waals surface area contributed by atoms with E-state index in [2.05, 4.69) is 50.5 Å². The molecule has 1 heterocycles. The molecule has 0 fully saturated rings. The molecule has 2 atom stereocenters. The predicted molar refractivity (Wildman–Crippen MR) is 141 cm³/mol. The summed E-state index contributed by atoms with van der Waals surface area (Å²) in [6, 6.07) is 10.9. The van der Waals surface area contributed by atoms with E-state index in [1.165, 1.54) is 4.68 Å². The Bertz CT molecular complexity index is 1260. The Morgan fingerprint density at radius 3 is 2.67 bits per heavy atom. The van der Waals surface area contributed by atoms with E-state index in [-0.39, 0.29) is 11.5 Å². The number of carbonyl (C=O) groups excluding carboxylic acids is 1. The van der Waals surface area contributed by atoms with Crippen LogP contribution in [0.2, 0.25) is 0 Å². The molecule has 9 heteroatoms. The average Bonchev–Trinajstić information content (AvgIpc) is 2.79. The van der Waals surface area contributed by atoms with Gasteiger partial charge in [-0.3, -0.25) is 4.79 Å². The molecule has 0 bridgehead atoms. The Morgan fingerprint density at radius 2 is 2.00 bits per heavy atom. The van der Waals surface area contributed by atoms with Crippen molar-refractivity contribution in [3.05, 3.63) is 66.2 Å². The molecule has 0 saturated heterocycles. The normalized spacial score (nSPS) is 13.3. The molecule has 0 amide bonds. The first-order chi connectivity index (χ1) is 15.7. The van der Waals surface area contributed by atoms with Crippen molar-refractivity contribution in [3.63, 3.8) is 0 Å². The van der Waals surface area contributed by atoms with Gasteiger partial charge in [0.25, 0.3) is 5.56 Å². The molecule has 0 aliphatic carbocycles. The SMILES string of the molecule is CCOC(=O)[C@H](C)Oc1ccc(C=Nn2c([C@@H](C)CC)nc3ccc(Br)cc3c2=O)cc1I. The summed E-state index contributed by atoms with van der Waals surface area (Å²) in [6.07, 6.45) is 1.74. The maximum absolute atomic E-state index is 13.2. The predicted octanol–water partition coefficient (Wildman–Crippen LogP) is 5.49. The third kappa shape index (κ3) is 6.00. The lowest BCUT2D eigenvalue weighted by Crippen LogP contribution is -2.26. The zero-order chi connectivity index (χ0) is 24.1. The summed E-state index contributed by atoms with van der Waals surface area (Å²) in [5.41, 5.74) is 1.22. The summed E-state index contributed by atoms with van der Waals surface area (Å²) < 4.78 is 13.7. The van der Waals surface area contributed by atoms with E-state index in [1.807, 2.05) is 31.2 Å². The number of halogens is 2. The van der Waals surface area contributed by atoms with Crippen molar-refractivity contribution in [2.45, 2.75) is 46.1 Å². The number of rotatable bonds is 8. The van der Waals surface area contributed by atoms with Crippen molar-refractivity contribution >= 4 is 61.6 Å². The molecule has 3 rings (SSSR count). The molecule has 1 aromatic heterocycles. The lowest BCUT2D eigenvalue weighted by atomic mass is 10.1. The smallest absolute Gasteiger partial charge is 0.347 e. The van der Waals surface area contributed by atoms with Crippen LogP contribution in [0.3, 0.4) is 0 Å². The fourth-order valence-electron chi connectivity index (χ4n) is 3.09. The first-order valence-corrected chi connectivity index (χ1v) is 12.5. The maximum Gasteiger partial charge on any atom is 0.347 e. The Morgan fingerprint density at radius 1 is 1.24 bits per heavy atom. The van der Waals surface area contributed by atoms with Crippen molar-refractivity contribution in [2.24, 2.45) is 5.10 Å². The first-order valence-electron chi connectivity index (χ1n) is 10.6. The second-order valence-electron chi connectivity index (χ2n) is 7.50. The average molecular weight is 626 g/mol. The van der Waals surface area contributed by atoms with E-state index in [1.54, 1.807) is 32.2 Å². The van der Waals surface area contributed by atoms with Crippen LogP contribution in [0.1, 0.15) is 51.4 Å². The van der Waals surface area contributed by atoms with Gasteiger partial charge in [0.1, 0.15) is 11.6 Å². The number of esters is 1. The van der Waals surface area contributed by atoms with Gasteiger partial charge in [0, 0.05) is 10.4 Å². The van der Waals surface area contributed by atoms with Crippen LogP contribution >= 0.6 is 38.5 Å². The summed E-state index contributed by atoms with van der Waals surface area (Å²) in [4.78, 5) is 29.8. The molecule has 0 radical (unpaired) electrons. The van der Waals surface area contributed by atoms with Crippen molar-refractivity contribution in [2.75, 3.05) is 6.61 Å². The highest BCUT2D eigenvalue weighted by Gasteiger charge is 2.18. The molecule has 7 nitrogen and oxygen atoms in total. The lowest BCUT2D eigenvalue weighted by Gasteiger charge is -2.15. The summed E-state index contributed by atoms with van der Waals surface area (Å²) in [7, 11) is 0. The van der Waals surface area contributed by atoms with E-state index in [4.69, 9.17) is 14.5 Å². The highest BCUT2D eigenvalue weighted by atomic mass is 127.